The zero-order valence-corrected chi connectivity index (χ0v) is 12.8. The van der Waals surface area contributed by atoms with Crippen LogP contribution in [0.25, 0.3) is 0 Å². The van der Waals surface area contributed by atoms with Gasteiger partial charge in [-0.25, -0.2) is 9.97 Å². The Labute approximate surface area is 116 Å². The second kappa shape index (κ2) is 4.35. The number of hydrogen-bond acceptors (Lipinski definition) is 5. The SMILES string of the molecule is CC1(C)CN(c2ncnc(N)c2Br)CC(C)(C)O1. The van der Waals surface area contributed by atoms with Crippen molar-refractivity contribution in [2.24, 2.45) is 0 Å². The molecule has 100 valence electrons. The number of anilines is 2. The molecule has 2 heterocycles. The van der Waals surface area contributed by atoms with Gasteiger partial charge in [0.25, 0.3) is 0 Å². The average Bonchev–Trinajstić information content (AvgIpc) is 2.17. The molecule has 2 N–H and O–H groups in total. The second-order valence-electron chi connectivity index (χ2n) is 5.87. The Bertz CT molecular complexity index is 445. The maximum absolute atomic E-state index is 6.05. The first-order valence-corrected chi connectivity index (χ1v) is 6.71. The Morgan fingerprint density at radius 1 is 1.22 bits per heavy atom. The number of aromatic nitrogens is 2. The van der Waals surface area contributed by atoms with E-state index < -0.39 is 0 Å². The number of halogens is 1. The summed E-state index contributed by atoms with van der Waals surface area (Å²) in [6.45, 7) is 9.87. The Kier molecular flexibility index (Phi) is 3.27. The molecular formula is C12H19BrN4O. The molecule has 0 radical (unpaired) electrons. The van der Waals surface area contributed by atoms with Crippen molar-refractivity contribution < 1.29 is 4.74 Å². The van der Waals surface area contributed by atoms with Crippen LogP contribution in [0.3, 0.4) is 0 Å². The molecule has 1 aromatic rings. The number of ether oxygens (including phenoxy) is 1. The lowest BCUT2D eigenvalue weighted by Crippen LogP contribution is -2.57. The molecule has 0 aliphatic carbocycles. The van der Waals surface area contributed by atoms with Gasteiger partial charge in [-0.15, -0.1) is 0 Å². The molecule has 1 aliphatic heterocycles. The fraction of sp³-hybridized carbons (Fsp3) is 0.667. The first-order chi connectivity index (χ1) is 8.20. The monoisotopic (exact) mass is 314 g/mol. The maximum Gasteiger partial charge on any atom is 0.148 e. The van der Waals surface area contributed by atoms with E-state index in [1.807, 2.05) is 0 Å². The normalized spacial score (nSPS) is 21.9. The zero-order chi connectivity index (χ0) is 13.6. The van der Waals surface area contributed by atoms with Gasteiger partial charge in [-0.2, -0.15) is 0 Å². The lowest BCUT2D eigenvalue weighted by Gasteiger charge is -2.47. The Morgan fingerprint density at radius 3 is 2.33 bits per heavy atom. The van der Waals surface area contributed by atoms with Crippen LogP contribution < -0.4 is 10.6 Å². The maximum atomic E-state index is 6.05. The van der Waals surface area contributed by atoms with E-state index in [-0.39, 0.29) is 11.2 Å². The molecule has 0 saturated carbocycles. The molecule has 1 saturated heterocycles. The second-order valence-corrected chi connectivity index (χ2v) is 6.67. The number of nitrogens with zero attached hydrogens (tertiary/aromatic N) is 3. The summed E-state index contributed by atoms with van der Waals surface area (Å²) >= 11 is 3.46. The minimum Gasteiger partial charge on any atom is -0.383 e. The molecule has 5 nitrogen and oxygen atoms in total. The molecule has 18 heavy (non-hydrogen) atoms. The average molecular weight is 315 g/mol. The van der Waals surface area contributed by atoms with Crippen LogP contribution in [0.5, 0.6) is 0 Å². The minimum atomic E-state index is -0.221. The Balaban J connectivity index is 2.36. The van der Waals surface area contributed by atoms with Gasteiger partial charge < -0.3 is 15.4 Å². The van der Waals surface area contributed by atoms with E-state index in [9.17, 15) is 0 Å². The fourth-order valence-corrected chi connectivity index (χ4v) is 2.99. The lowest BCUT2D eigenvalue weighted by atomic mass is 9.99. The third-order valence-corrected chi connectivity index (χ3v) is 3.55. The fourth-order valence-electron chi connectivity index (χ4n) is 2.53. The first kappa shape index (κ1) is 13.5. The molecule has 0 amide bonds. The first-order valence-electron chi connectivity index (χ1n) is 5.91. The molecule has 0 atom stereocenters. The highest BCUT2D eigenvalue weighted by Crippen LogP contribution is 2.34. The zero-order valence-electron chi connectivity index (χ0n) is 11.2. The van der Waals surface area contributed by atoms with Crippen molar-refractivity contribution in [3.63, 3.8) is 0 Å². The van der Waals surface area contributed by atoms with Crippen LogP contribution in [0.4, 0.5) is 11.6 Å². The highest BCUT2D eigenvalue weighted by molar-refractivity contribution is 9.10. The number of nitrogens with two attached hydrogens (primary N) is 1. The molecule has 0 unspecified atom stereocenters. The van der Waals surface area contributed by atoms with E-state index in [0.29, 0.717) is 5.82 Å². The van der Waals surface area contributed by atoms with Crippen molar-refractivity contribution in [2.45, 2.75) is 38.9 Å². The van der Waals surface area contributed by atoms with E-state index >= 15 is 0 Å². The molecule has 6 heteroatoms. The lowest BCUT2D eigenvalue weighted by molar-refractivity contribution is -0.133. The van der Waals surface area contributed by atoms with Crippen molar-refractivity contribution in [3.05, 3.63) is 10.8 Å². The number of nitrogen functional groups attached to an aromatic ring is 1. The van der Waals surface area contributed by atoms with Crippen LogP contribution in [0.15, 0.2) is 10.8 Å². The Hall–Kier alpha value is -0.880. The molecule has 1 aromatic heterocycles. The molecule has 0 aromatic carbocycles. The summed E-state index contributed by atoms with van der Waals surface area (Å²) in [5, 5.41) is 0. The van der Waals surface area contributed by atoms with Crippen molar-refractivity contribution in [3.8, 4) is 0 Å². The highest BCUT2D eigenvalue weighted by atomic mass is 79.9. The van der Waals surface area contributed by atoms with Crippen molar-refractivity contribution in [1.29, 1.82) is 0 Å². The predicted octanol–water partition coefficient (Wildman–Crippen LogP) is 2.22. The summed E-state index contributed by atoms with van der Waals surface area (Å²) in [7, 11) is 0. The van der Waals surface area contributed by atoms with Crippen LogP contribution in [0.1, 0.15) is 27.7 Å². The van der Waals surface area contributed by atoms with Crippen molar-refractivity contribution in [2.75, 3.05) is 23.7 Å². The molecular weight excluding hydrogens is 296 g/mol. The van der Waals surface area contributed by atoms with Crippen LogP contribution in [0, 0.1) is 0 Å². The van der Waals surface area contributed by atoms with Gasteiger partial charge in [0, 0.05) is 13.1 Å². The quantitative estimate of drug-likeness (QED) is 0.861. The predicted molar refractivity (Wildman–Crippen MR) is 75.6 cm³/mol. The van der Waals surface area contributed by atoms with Gasteiger partial charge in [0.05, 0.1) is 11.2 Å². The van der Waals surface area contributed by atoms with Crippen molar-refractivity contribution in [1.82, 2.24) is 9.97 Å². The number of morpholine rings is 1. The Morgan fingerprint density at radius 2 is 1.78 bits per heavy atom. The highest BCUT2D eigenvalue weighted by Gasteiger charge is 2.39. The van der Waals surface area contributed by atoms with Gasteiger partial charge in [0.2, 0.25) is 0 Å². The summed E-state index contributed by atoms with van der Waals surface area (Å²) in [4.78, 5) is 10.5. The van der Waals surface area contributed by atoms with E-state index in [1.54, 1.807) is 0 Å². The van der Waals surface area contributed by atoms with Gasteiger partial charge >= 0.3 is 0 Å². The summed E-state index contributed by atoms with van der Waals surface area (Å²) in [6, 6.07) is 0. The van der Waals surface area contributed by atoms with Crippen LogP contribution in [0.2, 0.25) is 0 Å². The third kappa shape index (κ3) is 2.75. The third-order valence-electron chi connectivity index (χ3n) is 2.79. The molecule has 2 rings (SSSR count). The summed E-state index contributed by atoms with van der Waals surface area (Å²) in [6.07, 6.45) is 1.49. The minimum absolute atomic E-state index is 0.221. The van der Waals surface area contributed by atoms with E-state index in [4.69, 9.17) is 10.5 Å². The van der Waals surface area contributed by atoms with Gasteiger partial charge in [0.1, 0.15) is 22.4 Å². The van der Waals surface area contributed by atoms with Gasteiger partial charge in [0.15, 0.2) is 0 Å². The van der Waals surface area contributed by atoms with Gasteiger partial charge in [-0.05, 0) is 43.6 Å². The van der Waals surface area contributed by atoms with Gasteiger partial charge in [-0.1, -0.05) is 0 Å². The topological polar surface area (TPSA) is 64.3 Å². The van der Waals surface area contributed by atoms with E-state index in [2.05, 4.69) is 58.5 Å². The van der Waals surface area contributed by atoms with Crippen LogP contribution in [-0.4, -0.2) is 34.3 Å². The smallest absolute Gasteiger partial charge is 0.148 e. The summed E-state index contributed by atoms with van der Waals surface area (Å²) in [5.41, 5.74) is 5.36. The molecule has 1 aliphatic rings. The van der Waals surface area contributed by atoms with Gasteiger partial charge in [-0.3, -0.25) is 0 Å². The number of rotatable bonds is 1. The van der Waals surface area contributed by atoms with E-state index in [1.165, 1.54) is 6.33 Å². The van der Waals surface area contributed by atoms with Crippen LogP contribution >= 0.6 is 15.9 Å². The molecule has 0 spiro atoms. The largest absolute Gasteiger partial charge is 0.383 e. The molecule has 1 fully saturated rings. The molecule has 0 bridgehead atoms. The summed E-state index contributed by atoms with van der Waals surface area (Å²) < 4.78 is 6.80. The van der Waals surface area contributed by atoms with E-state index in [0.717, 1.165) is 23.4 Å². The standard InChI is InChI=1S/C12H19BrN4O/c1-11(2)5-17(6-12(3,4)18-11)10-8(13)9(14)15-7-16-10/h7H,5-6H2,1-4H3,(H2,14,15,16). The van der Waals surface area contributed by atoms with Crippen LogP contribution in [-0.2, 0) is 4.74 Å². The summed E-state index contributed by atoms with van der Waals surface area (Å²) in [5.74, 6) is 1.29. The number of hydrogen-bond donors (Lipinski definition) is 1. The van der Waals surface area contributed by atoms with Crippen molar-refractivity contribution >= 4 is 27.6 Å².